The van der Waals surface area contributed by atoms with Crippen LogP contribution in [0.15, 0.2) is 21.5 Å². The molecule has 0 atom stereocenters. The lowest BCUT2D eigenvalue weighted by molar-refractivity contribution is -0.143. The zero-order valence-electron chi connectivity index (χ0n) is 11.6. The van der Waals surface area contributed by atoms with Crippen LogP contribution in [0.2, 0.25) is 0 Å². The quantitative estimate of drug-likeness (QED) is 0.597. The van der Waals surface area contributed by atoms with Crippen molar-refractivity contribution in [3.05, 3.63) is 22.4 Å². The Bertz CT molecular complexity index is 636. The van der Waals surface area contributed by atoms with Crippen molar-refractivity contribution in [3.63, 3.8) is 0 Å². The van der Waals surface area contributed by atoms with Gasteiger partial charge in [0, 0.05) is 19.3 Å². The molecule has 0 unspecified atom stereocenters. The first-order chi connectivity index (χ1) is 9.70. The number of hydrogen-bond acceptors (Lipinski definition) is 5. The van der Waals surface area contributed by atoms with Crippen LogP contribution < -0.4 is 5.73 Å². The molecule has 2 N–H and O–H groups in total. The maximum Gasteiger partial charge on any atom is 0.307 e. The van der Waals surface area contributed by atoms with Crippen molar-refractivity contribution in [2.75, 3.05) is 25.9 Å². The first-order valence-corrected chi connectivity index (χ1v) is 8.30. The highest BCUT2D eigenvalue weighted by atomic mass is 79.9. The molecule has 0 bridgehead atoms. The van der Waals surface area contributed by atoms with Gasteiger partial charge in [-0.3, -0.25) is 4.79 Å². The van der Waals surface area contributed by atoms with Gasteiger partial charge in [-0.1, -0.05) is 0 Å². The number of carbonyl (C=O) groups excluding carboxylic acids is 1. The molecule has 0 saturated carbocycles. The second-order valence-electron chi connectivity index (χ2n) is 4.20. The number of benzene rings is 1. The van der Waals surface area contributed by atoms with E-state index in [1.54, 1.807) is 6.92 Å². The summed E-state index contributed by atoms with van der Waals surface area (Å²) in [4.78, 5) is 10.7. The monoisotopic (exact) mass is 382 g/mol. The Hall–Kier alpha value is -1.19. The van der Waals surface area contributed by atoms with E-state index in [0.29, 0.717) is 0 Å². The van der Waals surface area contributed by atoms with Crippen LogP contribution in [0, 0.1) is 5.82 Å². The summed E-state index contributed by atoms with van der Waals surface area (Å²) in [6, 6.07) is 2.31. The summed E-state index contributed by atoms with van der Waals surface area (Å²) in [5.74, 6) is -1.44. The van der Waals surface area contributed by atoms with Crippen LogP contribution in [0.4, 0.5) is 10.1 Å². The maximum absolute atomic E-state index is 14.0. The summed E-state index contributed by atoms with van der Waals surface area (Å²) in [6.07, 6.45) is -0.116. The van der Waals surface area contributed by atoms with Gasteiger partial charge in [0.1, 0.15) is 4.90 Å². The van der Waals surface area contributed by atoms with Gasteiger partial charge in [-0.25, -0.2) is 17.1 Å². The molecule has 0 aliphatic rings. The van der Waals surface area contributed by atoms with E-state index in [2.05, 4.69) is 15.9 Å². The van der Waals surface area contributed by atoms with Gasteiger partial charge in [0.05, 0.1) is 17.5 Å². The molecule has 0 aliphatic carbocycles. The van der Waals surface area contributed by atoms with E-state index in [9.17, 15) is 17.6 Å². The molecule has 0 saturated heterocycles. The second kappa shape index (κ2) is 7.19. The highest BCUT2D eigenvalue weighted by molar-refractivity contribution is 9.10. The summed E-state index contributed by atoms with van der Waals surface area (Å²) >= 11 is 2.91. The predicted octanol–water partition coefficient (Wildman–Crippen LogP) is 1.74. The van der Waals surface area contributed by atoms with Crippen LogP contribution in [0.25, 0.3) is 0 Å². The molecular formula is C12H16BrFN2O4S. The van der Waals surface area contributed by atoms with Crippen molar-refractivity contribution >= 4 is 37.6 Å². The van der Waals surface area contributed by atoms with Gasteiger partial charge in [-0.05, 0) is 35.0 Å². The number of ether oxygens (including phenoxy) is 1. The fraction of sp³-hybridized carbons (Fsp3) is 0.417. The minimum absolute atomic E-state index is 0.0418. The third kappa shape index (κ3) is 4.39. The van der Waals surface area contributed by atoms with Crippen molar-refractivity contribution in [1.29, 1.82) is 0 Å². The Morgan fingerprint density at radius 1 is 1.48 bits per heavy atom. The summed E-state index contributed by atoms with van der Waals surface area (Å²) in [7, 11) is -2.83. The van der Waals surface area contributed by atoms with Crippen LogP contribution in [0.1, 0.15) is 13.3 Å². The summed E-state index contributed by atoms with van der Waals surface area (Å²) in [5.41, 5.74) is 5.64. The first-order valence-electron chi connectivity index (χ1n) is 6.06. The van der Waals surface area contributed by atoms with Crippen molar-refractivity contribution in [1.82, 2.24) is 4.31 Å². The minimum atomic E-state index is -4.08. The van der Waals surface area contributed by atoms with Gasteiger partial charge in [0.25, 0.3) is 0 Å². The van der Waals surface area contributed by atoms with E-state index in [1.165, 1.54) is 13.1 Å². The van der Waals surface area contributed by atoms with E-state index in [4.69, 9.17) is 10.5 Å². The average Bonchev–Trinajstić information content (AvgIpc) is 2.40. The summed E-state index contributed by atoms with van der Waals surface area (Å²) in [5, 5.41) is 0. The molecule has 21 heavy (non-hydrogen) atoms. The van der Waals surface area contributed by atoms with Gasteiger partial charge < -0.3 is 10.5 Å². The molecular weight excluding hydrogens is 367 g/mol. The van der Waals surface area contributed by atoms with Gasteiger partial charge in [0.15, 0.2) is 5.82 Å². The topological polar surface area (TPSA) is 89.7 Å². The lowest BCUT2D eigenvalue weighted by Crippen LogP contribution is -2.30. The van der Waals surface area contributed by atoms with Crippen LogP contribution in [-0.2, 0) is 19.6 Å². The van der Waals surface area contributed by atoms with Crippen molar-refractivity contribution < 1.29 is 22.3 Å². The Kier molecular flexibility index (Phi) is 6.11. The molecule has 1 aromatic carbocycles. The zero-order chi connectivity index (χ0) is 16.2. The number of carbonyl (C=O) groups is 1. The Morgan fingerprint density at radius 3 is 2.67 bits per heavy atom. The van der Waals surface area contributed by atoms with Gasteiger partial charge in [-0.15, -0.1) is 0 Å². The number of halogens is 2. The van der Waals surface area contributed by atoms with Crippen LogP contribution in [0.5, 0.6) is 0 Å². The van der Waals surface area contributed by atoms with Crippen LogP contribution >= 0.6 is 15.9 Å². The Balaban J connectivity index is 2.98. The second-order valence-corrected chi connectivity index (χ2v) is 7.06. The van der Waals surface area contributed by atoms with Crippen LogP contribution in [-0.4, -0.2) is 38.9 Å². The smallest absolute Gasteiger partial charge is 0.307 e. The average molecular weight is 383 g/mol. The lowest BCUT2D eigenvalue weighted by atomic mass is 10.3. The third-order valence-electron chi connectivity index (χ3n) is 2.64. The van der Waals surface area contributed by atoms with Crippen LogP contribution in [0.3, 0.4) is 0 Å². The minimum Gasteiger partial charge on any atom is -0.466 e. The van der Waals surface area contributed by atoms with Gasteiger partial charge in [0.2, 0.25) is 10.0 Å². The number of esters is 1. The number of anilines is 1. The fourth-order valence-electron chi connectivity index (χ4n) is 1.54. The first kappa shape index (κ1) is 17.9. The molecule has 0 amide bonds. The molecule has 0 radical (unpaired) electrons. The molecule has 118 valence electrons. The number of sulfonamides is 1. The normalized spacial score (nSPS) is 11.7. The zero-order valence-corrected chi connectivity index (χ0v) is 14.0. The third-order valence-corrected chi connectivity index (χ3v) is 5.07. The molecule has 0 fully saturated rings. The fourth-order valence-corrected chi connectivity index (χ4v) is 3.44. The highest BCUT2D eigenvalue weighted by Gasteiger charge is 2.26. The van der Waals surface area contributed by atoms with Gasteiger partial charge >= 0.3 is 5.97 Å². The molecule has 0 heterocycles. The number of hydrogen-bond donors (Lipinski definition) is 1. The molecule has 0 aromatic heterocycles. The number of nitrogen functional groups attached to an aromatic ring is 1. The SMILES string of the molecule is CCOC(=O)CCN(C)S(=O)(=O)c1cc(N)cc(Br)c1F. The van der Waals surface area contributed by atoms with E-state index in [-0.39, 0.29) is 29.7 Å². The lowest BCUT2D eigenvalue weighted by Gasteiger charge is -2.17. The molecule has 1 rings (SSSR count). The maximum atomic E-state index is 14.0. The Labute approximate surface area is 131 Å². The Morgan fingerprint density at radius 2 is 2.10 bits per heavy atom. The van der Waals surface area contributed by atoms with Gasteiger partial charge in [-0.2, -0.15) is 0 Å². The van der Waals surface area contributed by atoms with Crippen molar-refractivity contribution in [2.45, 2.75) is 18.2 Å². The molecule has 9 heteroatoms. The standard InChI is InChI=1S/C12H16BrFN2O4S/c1-3-20-11(17)4-5-16(2)21(18,19)10-7-8(15)6-9(13)12(10)14/h6-7H,3-5,15H2,1-2H3. The highest BCUT2D eigenvalue weighted by Crippen LogP contribution is 2.27. The van der Waals surface area contributed by atoms with E-state index >= 15 is 0 Å². The van der Waals surface area contributed by atoms with E-state index in [0.717, 1.165) is 10.4 Å². The largest absolute Gasteiger partial charge is 0.466 e. The molecule has 6 nitrogen and oxygen atoms in total. The molecule has 0 aliphatic heterocycles. The van der Waals surface area contributed by atoms with Crippen molar-refractivity contribution in [2.24, 2.45) is 0 Å². The molecule has 0 spiro atoms. The van der Waals surface area contributed by atoms with Crippen molar-refractivity contribution in [3.8, 4) is 0 Å². The molecule has 1 aromatic rings. The summed E-state index contributed by atoms with van der Waals surface area (Å²) in [6.45, 7) is 1.75. The van der Waals surface area contributed by atoms with E-state index in [1.807, 2.05) is 0 Å². The number of nitrogens with two attached hydrogens (primary N) is 1. The number of nitrogens with zero attached hydrogens (tertiary/aromatic N) is 1. The van der Waals surface area contributed by atoms with E-state index < -0.39 is 26.7 Å². The number of rotatable bonds is 6. The predicted molar refractivity (Wildman–Crippen MR) is 79.6 cm³/mol. The summed E-state index contributed by atoms with van der Waals surface area (Å²) < 4.78 is 44.1.